The number of hydrogen-bond donors (Lipinski definition) is 0. The Morgan fingerprint density at radius 1 is 1.30 bits per heavy atom. The summed E-state index contributed by atoms with van der Waals surface area (Å²) in [6.07, 6.45) is 2.59. The van der Waals surface area contributed by atoms with E-state index in [1.807, 2.05) is 0 Å². The van der Waals surface area contributed by atoms with E-state index in [1.165, 1.54) is 6.08 Å². The van der Waals surface area contributed by atoms with Gasteiger partial charge >= 0.3 is 0 Å². The van der Waals surface area contributed by atoms with Crippen LogP contribution >= 0.6 is 0 Å². The van der Waals surface area contributed by atoms with E-state index in [0.29, 0.717) is 39.1 Å². The highest BCUT2D eigenvalue weighted by Gasteiger charge is 2.34. The Kier molecular flexibility index (Phi) is 4.74. The van der Waals surface area contributed by atoms with E-state index in [2.05, 4.69) is 12.6 Å². The van der Waals surface area contributed by atoms with Crippen LogP contribution in [0, 0.1) is 17.2 Å². The fraction of sp³-hybridized carbons (Fsp3) is 0.643. The number of morpholine rings is 1. The molecular formula is C14H19N3O3. The lowest BCUT2D eigenvalue weighted by molar-refractivity contribution is -0.145. The number of carbonyl (C=O) groups excluding carboxylic acids is 2. The van der Waals surface area contributed by atoms with Gasteiger partial charge in [0.05, 0.1) is 19.3 Å². The predicted octanol–water partition coefficient (Wildman–Crippen LogP) is 0.162. The zero-order valence-electron chi connectivity index (χ0n) is 11.5. The van der Waals surface area contributed by atoms with Crippen LogP contribution in [-0.4, -0.2) is 60.5 Å². The molecule has 1 atom stereocenters. The number of amides is 2. The van der Waals surface area contributed by atoms with Gasteiger partial charge in [-0.1, -0.05) is 6.58 Å². The van der Waals surface area contributed by atoms with Crippen LogP contribution in [0.15, 0.2) is 12.7 Å². The molecule has 2 rings (SSSR count). The molecule has 0 spiro atoms. The minimum absolute atomic E-state index is 0.0190. The summed E-state index contributed by atoms with van der Waals surface area (Å²) in [6.45, 7) is 5.86. The maximum atomic E-state index is 12.5. The number of nitrogens with zero attached hydrogens (tertiary/aromatic N) is 3. The number of hydrogen-bond acceptors (Lipinski definition) is 4. The lowest BCUT2D eigenvalue weighted by Crippen LogP contribution is -2.52. The largest absolute Gasteiger partial charge is 0.376 e. The van der Waals surface area contributed by atoms with Gasteiger partial charge in [0.15, 0.2) is 0 Å². The molecule has 1 unspecified atom stereocenters. The third-order valence-corrected chi connectivity index (χ3v) is 3.89. The summed E-state index contributed by atoms with van der Waals surface area (Å²) in [5.41, 5.74) is 0. The number of nitriles is 1. The summed E-state index contributed by atoms with van der Waals surface area (Å²) < 4.78 is 5.22. The fourth-order valence-corrected chi connectivity index (χ4v) is 2.68. The van der Waals surface area contributed by atoms with Crippen molar-refractivity contribution in [3.8, 4) is 6.07 Å². The fourth-order valence-electron chi connectivity index (χ4n) is 2.68. The van der Waals surface area contributed by atoms with Crippen LogP contribution in [0.1, 0.15) is 12.8 Å². The van der Waals surface area contributed by atoms with Gasteiger partial charge in [-0.3, -0.25) is 9.59 Å². The number of likely N-dealkylation sites (tertiary alicyclic amines) is 1. The van der Waals surface area contributed by atoms with Crippen LogP contribution in [-0.2, 0) is 14.3 Å². The van der Waals surface area contributed by atoms with Gasteiger partial charge in [0.25, 0.3) is 0 Å². The zero-order chi connectivity index (χ0) is 14.5. The summed E-state index contributed by atoms with van der Waals surface area (Å²) in [4.78, 5) is 27.3. The van der Waals surface area contributed by atoms with Crippen LogP contribution in [0.2, 0.25) is 0 Å². The smallest absolute Gasteiger partial charge is 0.245 e. The third kappa shape index (κ3) is 2.99. The van der Waals surface area contributed by atoms with Gasteiger partial charge in [-0.2, -0.15) is 5.26 Å². The molecule has 0 aromatic heterocycles. The van der Waals surface area contributed by atoms with Crippen molar-refractivity contribution in [1.82, 2.24) is 9.80 Å². The number of piperidine rings is 1. The Balaban J connectivity index is 1.93. The molecule has 2 heterocycles. The highest BCUT2D eigenvalue weighted by molar-refractivity contribution is 5.87. The average Bonchev–Trinajstić information content (AvgIpc) is 2.53. The van der Waals surface area contributed by atoms with E-state index >= 15 is 0 Å². The van der Waals surface area contributed by atoms with Gasteiger partial charge in [0, 0.05) is 25.6 Å². The topological polar surface area (TPSA) is 73.6 Å². The Labute approximate surface area is 118 Å². The summed E-state index contributed by atoms with van der Waals surface area (Å²) >= 11 is 0. The number of carbonyl (C=O) groups is 2. The van der Waals surface area contributed by atoms with Gasteiger partial charge in [0.1, 0.15) is 6.04 Å². The Morgan fingerprint density at radius 3 is 2.60 bits per heavy atom. The molecule has 2 amide bonds. The van der Waals surface area contributed by atoms with Crippen LogP contribution in [0.3, 0.4) is 0 Å². The van der Waals surface area contributed by atoms with Crippen molar-refractivity contribution in [2.24, 2.45) is 5.92 Å². The van der Waals surface area contributed by atoms with Gasteiger partial charge in [-0.05, 0) is 18.9 Å². The first-order valence-electron chi connectivity index (χ1n) is 6.86. The van der Waals surface area contributed by atoms with E-state index in [9.17, 15) is 9.59 Å². The van der Waals surface area contributed by atoms with Crippen molar-refractivity contribution in [2.75, 3.05) is 32.8 Å². The molecular weight excluding hydrogens is 258 g/mol. The van der Waals surface area contributed by atoms with Crippen molar-refractivity contribution in [3.05, 3.63) is 12.7 Å². The maximum absolute atomic E-state index is 12.5. The molecule has 0 aromatic carbocycles. The molecule has 0 bridgehead atoms. The minimum atomic E-state index is -0.482. The quantitative estimate of drug-likeness (QED) is 0.674. The van der Waals surface area contributed by atoms with Gasteiger partial charge in [-0.15, -0.1) is 0 Å². The maximum Gasteiger partial charge on any atom is 0.245 e. The molecule has 6 heteroatoms. The molecule has 6 nitrogen and oxygen atoms in total. The standard InChI is InChI=1S/C14H19N3O3/c1-2-13(18)16-5-3-11(4-6-16)14(19)17-7-8-20-10-12(17)9-15/h2,11-12H,1,3-8,10H2. The summed E-state index contributed by atoms with van der Waals surface area (Å²) in [5.74, 6) is -0.166. The summed E-state index contributed by atoms with van der Waals surface area (Å²) in [7, 11) is 0. The Morgan fingerprint density at radius 2 is 2.00 bits per heavy atom. The summed E-state index contributed by atoms with van der Waals surface area (Å²) in [5, 5.41) is 9.07. The predicted molar refractivity (Wildman–Crippen MR) is 71.4 cm³/mol. The van der Waals surface area contributed by atoms with Gasteiger partial charge < -0.3 is 14.5 Å². The van der Waals surface area contributed by atoms with Crippen molar-refractivity contribution < 1.29 is 14.3 Å². The molecule has 0 N–H and O–H groups in total. The van der Waals surface area contributed by atoms with Crippen molar-refractivity contribution in [3.63, 3.8) is 0 Å². The number of rotatable bonds is 2. The average molecular weight is 277 g/mol. The SMILES string of the molecule is C=CC(=O)N1CCC(C(=O)N2CCOCC2C#N)CC1. The lowest BCUT2D eigenvalue weighted by Gasteiger charge is -2.37. The zero-order valence-corrected chi connectivity index (χ0v) is 11.5. The summed E-state index contributed by atoms with van der Waals surface area (Å²) in [6, 6.07) is 1.63. The molecule has 20 heavy (non-hydrogen) atoms. The second kappa shape index (κ2) is 6.53. The molecule has 2 aliphatic rings. The minimum Gasteiger partial charge on any atom is -0.376 e. The van der Waals surface area contributed by atoms with E-state index in [4.69, 9.17) is 10.00 Å². The van der Waals surface area contributed by atoms with E-state index in [0.717, 1.165) is 0 Å². The van der Waals surface area contributed by atoms with Crippen LogP contribution < -0.4 is 0 Å². The van der Waals surface area contributed by atoms with Crippen LogP contribution in [0.25, 0.3) is 0 Å². The first kappa shape index (κ1) is 14.5. The second-order valence-corrected chi connectivity index (χ2v) is 5.06. The molecule has 0 aromatic rings. The second-order valence-electron chi connectivity index (χ2n) is 5.06. The van der Waals surface area contributed by atoms with Crippen molar-refractivity contribution >= 4 is 11.8 Å². The van der Waals surface area contributed by atoms with Crippen molar-refractivity contribution in [1.29, 1.82) is 5.26 Å². The first-order valence-corrected chi connectivity index (χ1v) is 6.86. The molecule has 108 valence electrons. The Bertz CT molecular complexity index is 435. The molecule has 2 fully saturated rings. The van der Waals surface area contributed by atoms with Crippen LogP contribution in [0.5, 0.6) is 0 Å². The monoisotopic (exact) mass is 277 g/mol. The van der Waals surface area contributed by atoms with E-state index < -0.39 is 6.04 Å². The highest BCUT2D eigenvalue weighted by atomic mass is 16.5. The molecule has 0 aliphatic carbocycles. The van der Waals surface area contributed by atoms with Crippen LogP contribution in [0.4, 0.5) is 0 Å². The molecule has 0 radical (unpaired) electrons. The van der Waals surface area contributed by atoms with Gasteiger partial charge in [-0.25, -0.2) is 0 Å². The molecule has 2 aliphatic heterocycles. The lowest BCUT2D eigenvalue weighted by atomic mass is 9.94. The van der Waals surface area contributed by atoms with Gasteiger partial charge in [0.2, 0.25) is 11.8 Å². The number of ether oxygens (including phenoxy) is 1. The Hall–Kier alpha value is -1.87. The molecule has 2 saturated heterocycles. The van der Waals surface area contributed by atoms with E-state index in [-0.39, 0.29) is 24.3 Å². The van der Waals surface area contributed by atoms with Crippen molar-refractivity contribution in [2.45, 2.75) is 18.9 Å². The van der Waals surface area contributed by atoms with E-state index in [1.54, 1.807) is 9.80 Å². The highest BCUT2D eigenvalue weighted by Crippen LogP contribution is 2.22. The third-order valence-electron chi connectivity index (χ3n) is 3.89. The normalized spacial score (nSPS) is 24.1. The molecule has 0 saturated carbocycles. The first-order chi connectivity index (χ1) is 9.67.